The molecule has 2 aliphatic heterocycles. The van der Waals surface area contributed by atoms with E-state index in [-0.39, 0.29) is 127 Å². The van der Waals surface area contributed by atoms with Crippen molar-refractivity contribution in [3.63, 3.8) is 0 Å². The van der Waals surface area contributed by atoms with E-state index >= 15 is 0 Å². The first-order valence-corrected chi connectivity index (χ1v) is 44.3. The fourth-order valence-corrected chi connectivity index (χ4v) is 15.0. The number of carbonyl (C=O) groups is 13. The van der Waals surface area contributed by atoms with Crippen LogP contribution >= 0.6 is 0 Å². The Morgan fingerprint density at radius 1 is 0.556 bits per heavy atom. The highest BCUT2D eigenvalue weighted by molar-refractivity contribution is 5.99. The number of primary amides is 1. The van der Waals surface area contributed by atoms with E-state index in [2.05, 4.69) is 42.5 Å². The molecule has 0 radical (unpaired) electrons. The van der Waals surface area contributed by atoms with Crippen molar-refractivity contribution in [2.75, 3.05) is 185 Å². The molecule has 126 heavy (non-hydrogen) atoms. The van der Waals surface area contributed by atoms with E-state index in [1.54, 1.807) is 114 Å². The smallest absolute Gasteiger partial charge is 0.410 e. The van der Waals surface area contributed by atoms with Crippen LogP contribution in [0.1, 0.15) is 151 Å². The number of benzene rings is 2. The van der Waals surface area contributed by atoms with E-state index in [1.165, 1.54) is 21.3 Å². The number of aliphatic hydroxyl groups is 1. The number of aliphatic carboxylic acids is 1. The van der Waals surface area contributed by atoms with Gasteiger partial charge in [-0.05, 0) is 79.5 Å². The Kier molecular flexibility index (Phi) is 51.9. The molecule has 12 atom stereocenters. The van der Waals surface area contributed by atoms with Crippen LogP contribution < -0.4 is 48.3 Å². The number of anilines is 1. The van der Waals surface area contributed by atoms with Gasteiger partial charge < -0.3 is 106 Å². The number of aliphatic hydroxyl groups excluding tert-OH is 1. The molecule has 12 amide bonds. The van der Waals surface area contributed by atoms with Crippen molar-refractivity contribution in [2.45, 2.75) is 201 Å². The minimum Gasteiger partial charge on any atom is -0.480 e. The minimum atomic E-state index is -1.18. The second kappa shape index (κ2) is 59.9. The van der Waals surface area contributed by atoms with Crippen molar-refractivity contribution in [1.82, 2.24) is 66.6 Å². The molecule has 0 unspecified atom stereocenters. The molecule has 2 aromatic rings. The highest BCUT2D eigenvalue weighted by Crippen LogP contribution is 2.31. The number of carbonyl (C=O) groups excluding carboxylic acids is 12. The van der Waals surface area contributed by atoms with Gasteiger partial charge in [0.1, 0.15) is 36.6 Å². The van der Waals surface area contributed by atoms with Gasteiger partial charge in [-0.2, -0.15) is 0 Å². The Morgan fingerprint density at radius 3 is 1.61 bits per heavy atom. The number of likely N-dealkylation sites (tertiary alicyclic amines) is 1. The summed E-state index contributed by atoms with van der Waals surface area (Å²) < 4.78 is 45.4. The van der Waals surface area contributed by atoms with Gasteiger partial charge in [-0.15, -0.1) is 0 Å². The summed E-state index contributed by atoms with van der Waals surface area (Å²) in [5.74, 6) is -7.12. The first-order valence-electron chi connectivity index (χ1n) is 44.3. The van der Waals surface area contributed by atoms with Crippen molar-refractivity contribution in [3.8, 4) is 0 Å². The summed E-state index contributed by atoms with van der Waals surface area (Å²) in [7, 11) is 6.05. The number of hydrogen-bond acceptors (Lipinski definition) is 25. The van der Waals surface area contributed by atoms with Gasteiger partial charge in [-0.3, -0.25) is 72.3 Å². The standard InChI is InChI=1S/C88H147N15O23/c1-16-61(9)79(70(119-14)53-74(108)103-36-22-26-69(103)81(120-15)62(10)82(112)93-63(11)80(111)65-23-19-18-20-24-65)98(12)86(116)77(59(5)6)97-85(115)78(60(7)8)99(13)88(118)126-57-64-27-29-66(30-28-64)94-83(113)68(25-21-33-92-87(89)117)95-84(114)76(58(3)4)96-71(105)32-44-121-45-34-90-72(106)54-100-37-38-101(40-42-102(41-39-100)56-75(109)110)55-73(107)91-35-46-123-48-50-125-52-51-124-49-47-122-43-31-67(104)17-2/h18-20,23-24,27-30,58-63,68-70,76-81,111H,16-17,21-22,25-26,31-57H2,1-15H3,(H,90,106)(H,91,107)(H,93,112)(H,94,113)(H,95,114)(H,96,105)(H,97,115)(H,109,110)(H3,89,92,117)/t61-,62+,63+,68-,69-,70+,76-,77-,78-,79-,80+,81+/m0/s1. The van der Waals surface area contributed by atoms with Crippen molar-refractivity contribution < 1.29 is 110 Å². The molecule has 0 aromatic heterocycles. The highest BCUT2D eigenvalue weighted by atomic mass is 16.6. The molecular formula is C88H147N15O23. The summed E-state index contributed by atoms with van der Waals surface area (Å²) in [6, 6.07) is 8.39. The predicted molar refractivity (Wildman–Crippen MR) is 471 cm³/mol. The first kappa shape index (κ1) is 109. The molecule has 12 N–H and O–H groups in total. The lowest BCUT2D eigenvalue weighted by Crippen LogP contribution is -2.60. The number of Topliss-reactive ketones (excluding diaryl/α,β-unsaturated/α-hetero) is 1. The zero-order chi connectivity index (χ0) is 93.4. The number of ketones is 1. The van der Waals surface area contributed by atoms with Gasteiger partial charge in [0.2, 0.25) is 53.2 Å². The molecule has 38 nitrogen and oxygen atoms in total. The Balaban J connectivity index is 1.26. The average Bonchev–Trinajstić information content (AvgIpc) is 1.48. The number of carboxylic acids is 1. The van der Waals surface area contributed by atoms with E-state index < -0.39 is 132 Å². The van der Waals surface area contributed by atoms with Gasteiger partial charge in [0.15, 0.2) is 0 Å². The first-order chi connectivity index (χ1) is 60.0. The number of hydrogen-bond donors (Lipinski definition) is 11. The minimum absolute atomic E-state index is 0.0153. The van der Waals surface area contributed by atoms with Crippen LogP contribution in [0.2, 0.25) is 0 Å². The summed E-state index contributed by atoms with van der Waals surface area (Å²) in [4.78, 5) is 184. The van der Waals surface area contributed by atoms with Crippen LogP contribution in [0.4, 0.5) is 15.3 Å². The number of rotatable bonds is 60. The van der Waals surface area contributed by atoms with Crippen LogP contribution in [0.25, 0.3) is 0 Å². The summed E-state index contributed by atoms with van der Waals surface area (Å²) in [5, 5.41) is 42.9. The van der Waals surface area contributed by atoms with Gasteiger partial charge in [0.25, 0.3) is 0 Å². The van der Waals surface area contributed by atoms with Crippen molar-refractivity contribution in [3.05, 3.63) is 65.7 Å². The van der Waals surface area contributed by atoms with Gasteiger partial charge in [0.05, 0.1) is 134 Å². The van der Waals surface area contributed by atoms with Gasteiger partial charge in [0, 0.05) is 119 Å². The molecule has 2 heterocycles. The normalized spacial score (nSPS) is 16.8. The van der Waals surface area contributed by atoms with Crippen LogP contribution in [0, 0.1) is 29.6 Å². The average molecular weight is 1780 g/mol. The molecule has 2 fully saturated rings. The van der Waals surface area contributed by atoms with Crippen LogP contribution in [0.15, 0.2) is 54.6 Å². The summed E-state index contributed by atoms with van der Waals surface area (Å²) in [6.07, 6.45) is -0.546. The van der Waals surface area contributed by atoms with Gasteiger partial charge in [-0.1, -0.05) is 118 Å². The van der Waals surface area contributed by atoms with E-state index in [0.29, 0.717) is 141 Å². The summed E-state index contributed by atoms with van der Waals surface area (Å²) in [6.45, 7) is 25.4. The molecular weight excluding hydrogens is 1640 g/mol. The molecule has 2 aliphatic rings. The monoisotopic (exact) mass is 1780 g/mol. The maximum absolute atomic E-state index is 14.9. The lowest BCUT2D eigenvalue weighted by molar-refractivity contribution is -0.148. The largest absolute Gasteiger partial charge is 0.480 e. The molecule has 38 heteroatoms. The highest BCUT2D eigenvalue weighted by Gasteiger charge is 2.44. The number of nitrogens with zero attached hydrogens (tertiary/aromatic N) is 6. The van der Waals surface area contributed by atoms with Crippen LogP contribution in [-0.2, 0) is 97.2 Å². The quantitative estimate of drug-likeness (QED) is 0.0424. The molecule has 0 bridgehead atoms. The van der Waals surface area contributed by atoms with Crippen molar-refractivity contribution in [2.24, 2.45) is 35.3 Å². The number of likely N-dealkylation sites (N-methyl/N-ethyl adjacent to an activating group) is 2. The molecule has 0 saturated carbocycles. The number of nitrogens with two attached hydrogens (primary N) is 1. The maximum atomic E-state index is 14.9. The molecule has 0 aliphatic carbocycles. The fraction of sp³-hybridized carbons (Fsp3) is 0.716. The summed E-state index contributed by atoms with van der Waals surface area (Å²) in [5.41, 5.74) is 6.77. The lowest BCUT2D eigenvalue weighted by Gasteiger charge is -2.41. The predicted octanol–water partition coefficient (Wildman–Crippen LogP) is 2.67. The fourth-order valence-electron chi connectivity index (χ4n) is 15.0. The van der Waals surface area contributed by atoms with Crippen molar-refractivity contribution >= 4 is 82.7 Å². The van der Waals surface area contributed by atoms with Gasteiger partial charge >= 0.3 is 18.1 Å². The van der Waals surface area contributed by atoms with E-state index in [4.69, 9.17) is 43.6 Å². The molecule has 2 saturated heterocycles. The third-order valence-electron chi connectivity index (χ3n) is 22.5. The van der Waals surface area contributed by atoms with Crippen LogP contribution in [-0.4, -0.2) is 351 Å². The summed E-state index contributed by atoms with van der Waals surface area (Å²) >= 11 is 0. The zero-order valence-electron chi connectivity index (χ0n) is 76.9. The number of ether oxygens (including phenoxy) is 8. The Labute approximate surface area is 743 Å². The van der Waals surface area contributed by atoms with Crippen LogP contribution in [0.3, 0.4) is 0 Å². The van der Waals surface area contributed by atoms with E-state index in [0.717, 1.165) is 4.90 Å². The number of nitrogens with one attached hydrogen (secondary N) is 8. The third kappa shape index (κ3) is 40.1. The molecule has 0 spiro atoms. The Morgan fingerprint density at radius 2 is 1.10 bits per heavy atom. The molecule has 2 aromatic carbocycles. The lowest BCUT2D eigenvalue weighted by atomic mass is 9.89. The van der Waals surface area contributed by atoms with E-state index in [9.17, 15) is 72.5 Å². The number of urea groups is 1. The number of amides is 12. The topological polar surface area (TPSA) is 478 Å². The van der Waals surface area contributed by atoms with Crippen molar-refractivity contribution in [1.29, 1.82) is 0 Å². The van der Waals surface area contributed by atoms with Gasteiger partial charge in [-0.25, -0.2) is 9.59 Å². The molecule has 4 rings (SSSR count). The molecule has 712 valence electrons. The SMILES string of the molecule is CCC(=O)CCOCCOCCOCCOCCNC(=O)CN1CCN(CC(=O)O)CCN(CC(=O)NCCOCCC(=O)N[C@H](C(=O)N[C@@H](CCCNC(N)=O)C(=O)Nc2ccc(COC(=O)N(C)[C@H](C(=O)N[C@H](C(=O)N(C)[C@@H]([C@@H](C)CC)[C@@H](CC(=O)N3CCC[C@H]3[C@H](OC)[C@@H](C)C(=O)N[C@H](C)[C@@H](O)c3ccccc3)OC)C(C)C)C(C)C)cc2)C(C)C)CC1. The Hall–Kier alpha value is -9.09. The Bertz CT molecular complexity index is 3650. The zero-order valence-corrected chi connectivity index (χ0v) is 76.9. The van der Waals surface area contributed by atoms with E-state index in [1.807, 2.05) is 48.8 Å². The van der Waals surface area contributed by atoms with Crippen LogP contribution in [0.5, 0.6) is 0 Å². The number of methoxy groups -OCH3 is 2. The second-order valence-corrected chi connectivity index (χ2v) is 33.2. The second-order valence-electron chi connectivity index (χ2n) is 33.2. The maximum Gasteiger partial charge on any atom is 0.410 e. The number of carboxylic acid groups (broad SMARTS) is 1. The third-order valence-corrected chi connectivity index (χ3v) is 22.5.